The second kappa shape index (κ2) is 49.7. The Kier molecular flexibility index (Phi) is 40.5. The molecule has 12 rings (SSSR count). The number of hydrogen-bond acceptors (Lipinski definition) is 23. The minimum atomic E-state index is -1.62. The van der Waals surface area contributed by atoms with Crippen molar-refractivity contribution in [3.8, 4) is 23.0 Å². The van der Waals surface area contributed by atoms with Gasteiger partial charge in [-0.25, -0.2) is 14.4 Å². The predicted molar refractivity (Wildman–Crippen MR) is 415 cm³/mol. The predicted octanol–water partition coefficient (Wildman–Crippen LogP) is 13.7. The second-order valence-electron chi connectivity index (χ2n) is 26.1. The maximum absolute atomic E-state index is 13.2. The van der Waals surface area contributed by atoms with Gasteiger partial charge in [0.1, 0.15) is 43.4 Å². The molecule has 3 aliphatic rings. The first kappa shape index (κ1) is 90.4. The van der Waals surface area contributed by atoms with E-state index in [0.29, 0.717) is 37.8 Å². The number of benzene rings is 5. The van der Waals surface area contributed by atoms with Crippen molar-refractivity contribution < 1.29 is 87.6 Å². The molecule has 0 unspecified atom stereocenters. The number of carbonyl (C=O) groups excluding carboxylic acids is 4. The van der Waals surface area contributed by atoms with Gasteiger partial charge in [0.15, 0.2) is 6.29 Å². The zero-order chi connectivity index (χ0) is 80.8. The molecule has 7 heterocycles. The molecule has 29 heteroatoms. The molecule has 9 aromatic rings. The van der Waals surface area contributed by atoms with E-state index in [2.05, 4.69) is 31.9 Å². The van der Waals surface area contributed by atoms with Crippen molar-refractivity contribution in [1.29, 1.82) is 0 Å². The van der Waals surface area contributed by atoms with Crippen LogP contribution < -0.4 is 56.6 Å². The molecule has 3 saturated heterocycles. The Balaban J connectivity index is 0.000000242. The number of carbonyl (C=O) groups is 5. The number of carboxylic acids is 1. The van der Waals surface area contributed by atoms with Crippen molar-refractivity contribution >= 4 is 61.1 Å². The molecule has 27 nitrogen and oxygen atoms in total. The van der Waals surface area contributed by atoms with Crippen LogP contribution >= 0.6 is 15.9 Å². The van der Waals surface area contributed by atoms with Crippen molar-refractivity contribution in [3.63, 3.8) is 0 Å². The van der Waals surface area contributed by atoms with Crippen molar-refractivity contribution in [3.05, 3.63) is 292 Å². The number of carboxylic acid groups (broad SMARTS) is 1. The van der Waals surface area contributed by atoms with Crippen molar-refractivity contribution in [2.24, 2.45) is 0 Å². The van der Waals surface area contributed by atoms with Crippen molar-refractivity contribution in [2.45, 2.75) is 137 Å². The number of hydrogen-bond donors (Lipinski definition) is 4. The molecule has 0 spiro atoms. The molecule has 4 aromatic heterocycles. The number of amides is 3. The van der Waals surface area contributed by atoms with Gasteiger partial charge in [-0.2, -0.15) is 0 Å². The van der Waals surface area contributed by atoms with Crippen molar-refractivity contribution in [1.82, 2.24) is 20.9 Å². The number of aldehydes is 1. The first-order valence-electron chi connectivity index (χ1n) is 35.3. The van der Waals surface area contributed by atoms with E-state index in [0.717, 1.165) is 78.1 Å². The number of alkyl carbamates (subject to hydrolysis) is 2. The number of ether oxygens (including phenoxy) is 7. The molecular formula is C82H93BrN4O23Se. The summed E-state index contributed by atoms with van der Waals surface area (Å²) in [6.07, 6.45) is 10.7. The van der Waals surface area contributed by atoms with E-state index in [1.807, 2.05) is 172 Å². The SMILES string of the molecule is Brc1ccccc1.C1CCOC1.CC(C)(C)OC(=O)NC[C@H]1CCCN1.CC(C)(C)OC(=O)NC[C@H]1CCCN1C(=O)c1occc(=O)c1OCc1ccccc1.Cc1occc(=O)c1OCc1ccccc1.O=C(O)c1occc(=O)c1OCc1ccccc1.O=Cc1occc(=O)c1OCc1ccccc1.O=[Se]=O. The summed E-state index contributed by atoms with van der Waals surface area (Å²) in [5.41, 5.74) is 1.15. The maximum atomic E-state index is 13.2. The fourth-order valence-electron chi connectivity index (χ4n) is 9.95. The summed E-state index contributed by atoms with van der Waals surface area (Å²) in [5.74, 6) is -2.14. The standard InChI is InChI=1S/C23H28N2O6.C13H10O5.C13H10O4.C13H12O3.C10H20N2O2.C6H5Br.C4H8O.O2Se/c1-23(2,3)31-22(28)24-14-17-10-7-12-25(17)21(27)20-19(18(26)11-13-29-20)30-15-16-8-5-4-6-9-16;14-10-6-7-17-12(13(15)16)11(10)18-8-9-4-2-1-3-5-9;14-8-12-13(11(15)6-7-16-12)17-9-10-4-2-1-3-5-10;1-10-13(12(14)7-8-15-10)16-9-11-5-3-2-4-6-11;1-10(2,3)14-9(13)12-7-8-5-4-6-11-8;7-6-4-2-1-3-5-6;1-2-4-5-3-1;1-3-2/h4-6,8-9,11,13,17H,7,10,12,14-15H2,1-3H3,(H,24,28);1-7H,8H2,(H,15,16);1-8H,9H2;2-8H,9H2,1H3;8,11H,4-7H2,1-3H3,(H,12,13);1-5H;1-4H2;/t17-;;;;8-;;;/m1...1.../s1. The number of aryl methyl sites for hydroxylation is 1. The van der Waals surface area contributed by atoms with Crippen LogP contribution in [0, 0.1) is 6.92 Å². The van der Waals surface area contributed by atoms with Gasteiger partial charge >= 0.3 is 40.6 Å². The summed E-state index contributed by atoms with van der Waals surface area (Å²) in [7, 11) is 0. The van der Waals surface area contributed by atoms with Crippen LogP contribution in [-0.4, -0.2) is 118 Å². The average molecular weight is 1660 g/mol. The molecule has 111 heavy (non-hydrogen) atoms. The normalized spacial score (nSPS) is 13.6. The van der Waals surface area contributed by atoms with E-state index in [1.54, 1.807) is 32.6 Å². The van der Waals surface area contributed by atoms with Gasteiger partial charge in [-0.15, -0.1) is 0 Å². The van der Waals surface area contributed by atoms with Crippen LogP contribution in [0.5, 0.6) is 23.0 Å². The third kappa shape index (κ3) is 35.8. The number of rotatable bonds is 19. The van der Waals surface area contributed by atoms with Gasteiger partial charge in [-0.3, -0.25) is 28.8 Å². The topological polar surface area (TPSA) is 364 Å². The number of nitrogens with zero attached hydrogens (tertiary/aromatic N) is 1. The summed E-state index contributed by atoms with van der Waals surface area (Å²) in [5, 5.41) is 17.6. The summed E-state index contributed by atoms with van der Waals surface area (Å²) in [4.78, 5) is 106. The van der Waals surface area contributed by atoms with Crippen LogP contribution in [0.25, 0.3) is 0 Å². The summed E-state index contributed by atoms with van der Waals surface area (Å²) < 4.78 is 75.2. The van der Waals surface area contributed by atoms with Gasteiger partial charge in [0, 0.05) is 73.7 Å². The molecule has 3 aliphatic heterocycles. The average Bonchev–Trinajstić information content (AvgIpc) is 1.79. The number of halogens is 1. The fourth-order valence-corrected chi connectivity index (χ4v) is 10.3. The molecule has 4 N–H and O–H groups in total. The summed E-state index contributed by atoms with van der Waals surface area (Å²) in [6.45, 7) is 17.9. The van der Waals surface area contributed by atoms with E-state index in [9.17, 15) is 43.2 Å². The zero-order valence-corrected chi connectivity index (χ0v) is 66.1. The molecule has 2 atom stereocenters. The Hall–Kier alpha value is -11.2. The quantitative estimate of drug-likeness (QED) is 0.0431. The van der Waals surface area contributed by atoms with Crippen LogP contribution in [0.15, 0.2) is 242 Å². The second-order valence-corrected chi connectivity index (χ2v) is 27.3. The van der Waals surface area contributed by atoms with E-state index in [4.69, 9.17) is 63.6 Å². The molecule has 0 saturated carbocycles. The van der Waals surface area contributed by atoms with Crippen LogP contribution in [0.2, 0.25) is 0 Å². The molecule has 3 amide bonds. The molecule has 5 aromatic carbocycles. The zero-order valence-electron chi connectivity index (χ0n) is 62.8. The van der Waals surface area contributed by atoms with Crippen LogP contribution in [0.1, 0.15) is 140 Å². The number of aromatic carboxylic acids is 1. The van der Waals surface area contributed by atoms with E-state index in [-0.39, 0.29) is 83.9 Å². The number of likely N-dealkylation sites (tertiary alicyclic amines) is 1. The van der Waals surface area contributed by atoms with Gasteiger partial charge in [0.2, 0.25) is 56.2 Å². The van der Waals surface area contributed by atoms with Crippen molar-refractivity contribution in [2.75, 3.05) is 39.4 Å². The summed E-state index contributed by atoms with van der Waals surface area (Å²) in [6, 6.07) is 52.6. The van der Waals surface area contributed by atoms with Gasteiger partial charge in [-0.1, -0.05) is 155 Å². The van der Waals surface area contributed by atoms with E-state index >= 15 is 0 Å². The Morgan fingerprint density at radius 2 is 0.910 bits per heavy atom. The van der Waals surface area contributed by atoms with Crippen LogP contribution in [0.4, 0.5) is 9.59 Å². The fraction of sp³-hybridized carbons (Fsp3) is 0.329. The Morgan fingerprint density at radius 1 is 0.523 bits per heavy atom. The molecule has 592 valence electrons. The van der Waals surface area contributed by atoms with Gasteiger partial charge in [0.25, 0.3) is 11.7 Å². The monoisotopic (exact) mass is 1660 g/mol. The first-order chi connectivity index (χ1) is 53.3. The van der Waals surface area contributed by atoms with E-state index < -0.39 is 60.6 Å². The molecule has 0 bridgehead atoms. The third-order valence-corrected chi connectivity index (χ3v) is 15.6. The van der Waals surface area contributed by atoms with Crippen LogP contribution in [0.3, 0.4) is 0 Å². The molecule has 0 aliphatic carbocycles. The molecule has 3 fully saturated rings. The molecular weight excluding hydrogens is 1570 g/mol. The van der Waals surface area contributed by atoms with Gasteiger partial charge < -0.3 is 76.8 Å². The Labute approximate surface area is 656 Å². The van der Waals surface area contributed by atoms with E-state index in [1.165, 1.54) is 56.3 Å². The van der Waals surface area contributed by atoms with Gasteiger partial charge in [-0.05, 0) is 128 Å². The Bertz CT molecular complexity index is 4530. The minimum absolute atomic E-state index is 0.0497. The summed E-state index contributed by atoms with van der Waals surface area (Å²) >= 11 is 1.69. The van der Waals surface area contributed by atoms with Gasteiger partial charge in [0.05, 0.1) is 25.1 Å². The first-order valence-corrected chi connectivity index (χ1v) is 37.5. The number of nitrogens with one attached hydrogen (secondary N) is 3. The Morgan fingerprint density at radius 3 is 1.30 bits per heavy atom. The third-order valence-electron chi connectivity index (χ3n) is 15.1. The van der Waals surface area contributed by atoms with Crippen LogP contribution in [-0.2, 0) is 48.3 Å². The molecule has 0 radical (unpaired) electrons.